The molecule has 1 aliphatic rings. The van der Waals surface area contributed by atoms with Gasteiger partial charge in [-0.1, -0.05) is 6.07 Å². The van der Waals surface area contributed by atoms with Crippen molar-refractivity contribution in [3.8, 4) is 6.07 Å². The van der Waals surface area contributed by atoms with Gasteiger partial charge in [-0.25, -0.2) is 4.79 Å². The number of aryl methyl sites for hydroxylation is 1. The fourth-order valence-corrected chi connectivity index (χ4v) is 1.79. The lowest BCUT2D eigenvalue weighted by Gasteiger charge is -2.06. The Bertz CT molecular complexity index is 467. The van der Waals surface area contributed by atoms with Crippen LogP contribution >= 0.6 is 0 Å². The molecule has 0 amide bonds. The number of nitrogens with zero attached hydrogens (tertiary/aromatic N) is 1. The van der Waals surface area contributed by atoms with Crippen molar-refractivity contribution >= 4 is 5.97 Å². The van der Waals surface area contributed by atoms with Crippen molar-refractivity contribution in [2.75, 3.05) is 0 Å². The number of hydrogen-bond acceptors (Lipinski definition) is 2. The normalized spacial score (nSPS) is 14.7. The molecule has 0 unspecified atom stereocenters. The van der Waals surface area contributed by atoms with Crippen LogP contribution in [0.3, 0.4) is 0 Å². The van der Waals surface area contributed by atoms with Crippen molar-refractivity contribution in [3.63, 3.8) is 0 Å². The van der Waals surface area contributed by atoms with Crippen molar-refractivity contribution in [1.29, 1.82) is 5.26 Å². The molecule has 15 heavy (non-hydrogen) atoms. The summed E-state index contributed by atoms with van der Waals surface area (Å²) >= 11 is 0. The van der Waals surface area contributed by atoms with Crippen molar-refractivity contribution in [2.45, 2.75) is 25.7 Å². The van der Waals surface area contributed by atoms with Gasteiger partial charge in [0, 0.05) is 0 Å². The van der Waals surface area contributed by atoms with Gasteiger partial charge in [-0.3, -0.25) is 0 Å². The predicted octanol–water partition coefficient (Wildman–Crippen LogP) is 2.44. The highest BCUT2D eigenvalue weighted by molar-refractivity contribution is 5.90. The number of carbonyl (C=O) groups is 1. The molecule has 0 radical (unpaired) electrons. The molecule has 1 aromatic rings. The smallest absolute Gasteiger partial charge is 0.335 e. The predicted molar refractivity (Wildman–Crippen MR) is 54.8 cm³/mol. The third kappa shape index (κ3) is 1.71. The molecule has 1 N–H and O–H groups in total. The zero-order valence-electron chi connectivity index (χ0n) is 8.45. The molecule has 3 heteroatoms. The summed E-state index contributed by atoms with van der Waals surface area (Å²) in [6.45, 7) is 1.77. The third-order valence-electron chi connectivity index (χ3n) is 2.76. The second kappa shape index (κ2) is 3.39. The van der Waals surface area contributed by atoms with E-state index in [1.165, 1.54) is 6.07 Å². The monoisotopic (exact) mass is 201 g/mol. The van der Waals surface area contributed by atoms with Crippen LogP contribution in [-0.2, 0) is 0 Å². The molecule has 0 spiro atoms. The van der Waals surface area contributed by atoms with Gasteiger partial charge in [0.15, 0.2) is 0 Å². The number of rotatable bonds is 2. The van der Waals surface area contributed by atoms with Gasteiger partial charge < -0.3 is 5.11 Å². The molecule has 76 valence electrons. The molecular formula is C12H11NO2. The van der Waals surface area contributed by atoms with Gasteiger partial charge in [-0.2, -0.15) is 5.26 Å². The van der Waals surface area contributed by atoms with Crippen LogP contribution in [0.15, 0.2) is 12.1 Å². The van der Waals surface area contributed by atoms with Crippen LogP contribution in [0, 0.1) is 18.3 Å². The second-order valence-corrected chi connectivity index (χ2v) is 3.95. The van der Waals surface area contributed by atoms with E-state index < -0.39 is 5.97 Å². The fraction of sp³-hybridized carbons (Fsp3) is 0.333. The highest BCUT2D eigenvalue weighted by atomic mass is 16.4. The van der Waals surface area contributed by atoms with E-state index in [-0.39, 0.29) is 5.56 Å². The van der Waals surface area contributed by atoms with Gasteiger partial charge in [0.2, 0.25) is 0 Å². The Hall–Kier alpha value is -1.82. The first-order chi connectivity index (χ1) is 7.13. The molecular weight excluding hydrogens is 190 g/mol. The van der Waals surface area contributed by atoms with Crippen LogP contribution < -0.4 is 0 Å². The number of carboxylic acid groups (broad SMARTS) is 1. The number of nitriles is 1. The average molecular weight is 201 g/mol. The van der Waals surface area contributed by atoms with E-state index in [1.807, 2.05) is 6.07 Å². The molecule has 3 nitrogen and oxygen atoms in total. The lowest BCUT2D eigenvalue weighted by molar-refractivity contribution is 0.0696. The zero-order valence-corrected chi connectivity index (χ0v) is 8.45. The zero-order chi connectivity index (χ0) is 11.0. The topological polar surface area (TPSA) is 61.1 Å². The Morgan fingerprint density at radius 1 is 1.53 bits per heavy atom. The van der Waals surface area contributed by atoms with E-state index in [2.05, 4.69) is 6.07 Å². The molecule has 1 saturated carbocycles. The van der Waals surface area contributed by atoms with Crippen LogP contribution in [0.4, 0.5) is 0 Å². The molecule has 0 aliphatic heterocycles. The number of hydrogen-bond donors (Lipinski definition) is 1. The Labute approximate surface area is 88.0 Å². The van der Waals surface area contributed by atoms with Gasteiger partial charge in [0.1, 0.15) is 0 Å². The summed E-state index contributed by atoms with van der Waals surface area (Å²) in [4.78, 5) is 10.9. The minimum absolute atomic E-state index is 0.232. The minimum atomic E-state index is -0.966. The van der Waals surface area contributed by atoms with Crippen molar-refractivity contribution in [2.24, 2.45) is 0 Å². The van der Waals surface area contributed by atoms with Gasteiger partial charge in [0.25, 0.3) is 0 Å². The van der Waals surface area contributed by atoms with E-state index in [9.17, 15) is 4.79 Å². The number of carboxylic acids is 1. The number of aromatic carboxylic acids is 1. The highest BCUT2D eigenvalue weighted by Gasteiger charge is 2.27. The third-order valence-corrected chi connectivity index (χ3v) is 2.76. The van der Waals surface area contributed by atoms with Crippen LogP contribution in [-0.4, -0.2) is 11.1 Å². The molecule has 0 aromatic heterocycles. The Morgan fingerprint density at radius 3 is 2.67 bits per heavy atom. The Morgan fingerprint density at radius 2 is 2.20 bits per heavy atom. The van der Waals surface area contributed by atoms with Gasteiger partial charge in [0.05, 0.1) is 17.2 Å². The minimum Gasteiger partial charge on any atom is -0.478 e. The standard InChI is InChI=1S/C12H11NO2/c1-7-4-11(8-2-3-8)9(6-13)5-10(7)12(14)15/h4-5,8H,2-3H2,1H3,(H,14,15). The summed E-state index contributed by atoms with van der Waals surface area (Å²) < 4.78 is 0. The summed E-state index contributed by atoms with van der Waals surface area (Å²) in [6.07, 6.45) is 2.22. The Balaban J connectivity index is 2.56. The highest BCUT2D eigenvalue weighted by Crippen LogP contribution is 2.42. The van der Waals surface area contributed by atoms with Crippen molar-refractivity contribution < 1.29 is 9.90 Å². The van der Waals surface area contributed by atoms with Gasteiger partial charge in [-0.05, 0) is 42.9 Å². The summed E-state index contributed by atoms with van der Waals surface area (Å²) in [6, 6.07) is 5.41. The first-order valence-electron chi connectivity index (χ1n) is 4.91. The van der Waals surface area contributed by atoms with Crippen LogP contribution in [0.5, 0.6) is 0 Å². The lowest BCUT2D eigenvalue weighted by atomic mass is 9.97. The maximum absolute atomic E-state index is 10.9. The van der Waals surface area contributed by atoms with Crippen LogP contribution in [0.1, 0.15) is 45.8 Å². The quantitative estimate of drug-likeness (QED) is 0.799. The van der Waals surface area contributed by atoms with Gasteiger partial charge >= 0.3 is 5.97 Å². The molecule has 1 aliphatic carbocycles. The van der Waals surface area contributed by atoms with E-state index >= 15 is 0 Å². The SMILES string of the molecule is Cc1cc(C2CC2)c(C#N)cc1C(=O)O. The summed E-state index contributed by atoms with van der Waals surface area (Å²) in [5.41, 5.74) is 2.50. The van der Waals surface area contributed by atoms with Gasteiger partial charge in [-0.15, -0.1) is 0 Å². The first kappa shape index (κ1) is 9.72. The largest absolute Gasteiger partial charge is 0.478 e. The maximum atomic E-state index is 10.9. The van der Waals surface area contributed by atoms with Crippen molar-refractivity contribution in [3.05, 3.63) is 34.4 Å². The maximum Gasteiger partial charge on any atom is 0.335 e. The van der Waals surface area contributed by atoms with E-state index in [4.69, 9.17) is 10.4 Å². The Kier molecular flexibility index (Phi) is 2.20. The average Bonchev–Trinajstić information content (AvgIpc) is 3.00. The fourth-order valence-electron chi connectivity index (χ4n) is 1.79. The molecule has 1 fully saturated rings. The van der Waals surface area contributed by atoms with E-state index in [0.717, 1.165) is 24.0 Å². The van der Waals surface area contributed by atoms with Crippen LogP contribution in [0.25, 0.3) is 0 Å². The van der Waals surface area contributed by atoms with Crippen molar-refractivity contribution in [1.82, 2.24) is 0 Å². The molecule has 0 bridgehead atoms. The summed E-state index contributed by atoms with van der Waals surface area (Å²) in [5.74, 6) is -0.493. The lowest BCUT2D eigenvalue weighted by Crippen LogP contribution is -2.02. The molecule has 0 heterocycles. The van der Waals surface area contributed by atoms with E-state index in [0.29, 0.717) is 11.5 Å². The summed E-state index contributed by atoms with van der Waals surface area (Å²) in [5, 5.41) is 17.9. The number of benzene rings is 1. The molecule has 0 atom stereocenters. The molecule has 1 aromatic carbocycles. The summed E-state index contributed by atoms with van der Waals surface area (Å²) in [7, 11) is 0. The second-order valence-electron chi connectivity index (χ2n) is 3.95. The molecule has 2 rings (SSSR count). The van der Waals surface area contributed by atoms with Crippen LogP contribution in [0.2, 0.25) is 0 Å². The molecule has 0 saturated heterocycles. The first-order valence-corrected chi connectivity index (χ1v) is 4.91. The van der Waals surface area contributed by atoms with E-state index in [1.54, 1.807) is 6.92 Å².